The molecule has 0 saturated heterocycles. The van der Waals surface area contributed by atoms with Gasteiger partial charge in [-0.3, -0.25) is 0 Å². The van der Waals surface area contributed by atoms with Crippen LogP contribution < -0.4 is 4.90 Å². The van der Waals surface area contributed by atoms with E-state index in [0.29, 0.717) is 0 Å². The van der Waals surface area contributed by atoms with Crippen LogP contribution in [0, 0.1) is 0 Å². The van der Waals surface area contributed by atoms with Crippen LogP contribution in [0.15, 0.2) is 200 Å². The topological polar surface area (TPSA) is 3.24 Å². The first-order chi connectivity index (χ1) is 25.8. The quantitative estimate of drug-likeness (QED) is 0.158. The zero-order chi connectivity index (χ0) is 34.4. The highest BCUT2D eigenvalue weighted by Crippen LogP contribution is 2.45. The molecule has 244 valence electrons. The maximum absolute atomic E-state index is 2.42. The molecule has 0 saturated carbocycles. The Hall–Kier alpha value is -6.48. The van der Waals surface area contributed by atoms with E-state index in [2.05, 4.69) is 205 Å². The van der Waals surface area contributed by atoms with Gasteiger partial charge in [0.15, 0.2) is 0 Å². The fraction of sp³-hybridized carbons (Fsp3) is 0. The number of nitrogens with zero attached hydrogens (tertiary/aromatic N) is 1. The predicted molar refractivity (Wildman–Crippen MR) is 225 cm³/mol. The van der Waals surface area contributed by atoms with Crippen LogP contribution in [0.5, 0.6) is 0 Å². The number of hydrogen-bond acceptors (Lipinski definition) is 2. The molecule has 10 aromatic rings. The molecule has 52 heavy (non-hydrogen) atoms. The highest BCUT2D eigenvalue weighted by molar-refractivity contribution is 7.26. The lowest BCUT2D eigenvalue weighted by Gasteiger charge is -2.28. The Morgan fingerprint density at radius 1 is 0.327 bits per heavy atom. The number of thiophene rings is 1. The molecule has 0 spiro atoms. The van der Waals surface area contributed by atoms with E-state index in [0.717, 1.165) is 17.1 Å². The van der Waals surface area contributed by atoms with Crippen molar-refractivity contribution in [1.29, 1.82) is 0 Å². The first-order valence-corrected chi connectivity index (χ1v) is 18.6. The van der Waals surface area contributed by atoms with E-state index in [9.17, 15) is 0 Å². The van der Waals surface area contributed by atoms with E-state index in [-0.39, 0.29) is 0 Å². The lowest BCUT2D eigenvalue weighted by molar-refractivity contribution is 1.30. The molecule has 0 amide bonds. The average Bonchev–Trinajstić information content (AvgIpc) is 3.61. The second-order valence-corrected chi connectivity index (χ2v) is 14.3. The number of anilines is 3. The van der Waals surface area contributed by atoms with Crippen LogP contribution in [0.4, 0.5) is 17.1 Å². The third-order valence-electron chi connectivity index (χ3n) is 10.3. The van der Waals surface area contributed by atoms with Crippen molar-refractivity contribution in [3.05, 3.63) is 200 Å². The summed E-state index contributed by atoms with van der Waals surface area (Å²) < 4.78 is 2.66. The Balaban J connectivity index is 1.13. The Kier molecular flexibility index (Phi) is 7.41. The zero-order valence-electron chi connectivity index (χ0n) is 28.4. The zero-order valence-corrected chi connectivity index (χ0v) is 29.2. The molecule has 0 bridgehead atoms. The molecule has 1 aromatic heterocycles. The van der Waals surface area contributed by atoms with E-state index >= 15 is 0 Å². The van der Waals surface area contributed by atoms with E-state index in [1.807, 2.05) is 11.3 Å². The fourth-order valence-corrected chi connectivity index (χ4v) is 9.04. The van der Waals surface area contributed by atoms with Gasteiger partial charge in [-0.05, 0) is 85.9 Å². The molecule has 10 rings (SSSR count). The van der Waals surface area contributed by atoms with Gasteiger partial charge in [-0.25, -0.2) is 0 Å². The van der Waals surface area contributed by atoms with E-state index in [4.69, 9.17) is 0 Å². The minimum atomic E-state index is 1.11. The van der Waals surface area contributed by atoms with Crippen LogP contribution >= 0.6 is 11.3 Å². The van der Waals surface area contributed by atoms with Crippen LogP contribution in [0.1, 0.15) is 0 Å². The predicted octanol–water partition coefficient (Wildman–Crippen LogP) is 14.8. The average molecular weight is 680 g/mol. The maximum Gasteiger partial charge on any atom is 0.0546 e. The molecule has 0 aliphatic carbocycles. The first-order valence-electron chi connectivity index (χ1n) is 17.8. The summed E-state index contributed by atoms with van der Waals surface area (Å²) in [6, 6.07) is 72.9. The number of fused-ring (bicyclic) bond motifs is 6. The molecule has 2 heteroatoms. The van der Waals surface area contributed by atoms with Crippen LogP contribution in [0.3, 0.4) is 0 Å². The SMILES string of the molecule is c1ccc(-c2ccccc2-c2ccc(N(c3ccc(-c4cccc5c4sc4ccccc45)cc3)c3cc4ccccc4c4ccccc34)cc2)cc1. The molecule has 0 unspecified atom stereocenters. The summed E-state index contributed by atoms with van der Waals surface area (Å²) in [5, 5.41) is 7.61. The van der Waals surface area contributed by atoms with Gasteiger partial charge in [-0.15, -0.1) is 11.3 Å². The summed E-state index contributed by atoms with van der Waals surface area (Å²) in [5.41, 5.74) is 10.7. The van der Waals surface area contributed by atoms with E-state index < -0.39 is 0 Å². The fourth-order valence-electron chi connectivity index (χ4n) is 7.81. The van der Waals surface area contributed by atoms with Crippen molar-refractivity contribution in [3.63, 3.8) is 0 Å². The molecule has 0 aliphatic rings. The van der Waals surface area contributed by atoms with Crippen LogP contribution in [0.25, 0.3) is 75.1 Å². The molecular formula is C50H33NS. The van der Waals surface area contributed by atoms with Crippen molar-refractivity contribution in [2.45, 2.75) is 0 Å². The monoisotopic (exact) mass is 679 g/mol. The normalized spacial score (nSPS) is 11.5. The smallest absolute Gasteiger partial charge is 0.0546 e. The number of benzene rings is 9. The minimum Gasteiger partial charge on any atom is -0.310 e. The van der Waals surface area contributed by atoms with Gasteiger partial charge >= 0.3 is 0 Å². The summed E-state index contributed by atoms with van der Waals surface area (Å²) in [6.45, 7) is 0. The Morgan fingerprint density at radius 2 is 0.827 bits per heavy atom. The van der Waals surface area contributed by atoms with Gasteiger partial charge in [0.1, 0.15) is 0 Å². The van der Waals surface area contributed by atoms with Crippen LogP contribution in [0.2, 0.25) is 0 Å². The molecule has 0 radical (unpaired) electrons. The highest BCUT2D eigenvalue weighted by atomic mass is 32.1. The first kappa shape index (κ1) is 30.4. The summed E-state index contributed by atoms with van der Waals surface area (Å²) in [4.78, 5) is 2.42. The molecular weight excluding hydrogens is 647 g/mol. The standard InChI is InChI=1S/C50H33NS/c1-2-13-34(14-3-1)40-16-6-7-17-41(40)35-25-29-38(30-26-35)51(48-33-37-15-4-5-18-42(37)44-19-8-9-20-45(44)48)39-31-27-36(28-32-39)43-22-12-23-47-46-21-10-11-24-49(46)52-50(43)47/h1-33H. The lowest BCUT2D eigenvalue weighted by atomic mass is 9.94. The van der Waals surface area contributed by atoms with E-state index in [1.54, 1.807) is 0 Å². The summed E-state index contributed by atoms with van der Waals surface area (Å²) in [5.74, 6) is 0. The van der Waals surface area contributed by atoms with Crippen molar-refractivity contribution < 1.29 is 0 Å². The van der Waals surface area contributed by atoms with Crippen LogP contribution in [-0.4, -0.2) is 0 Å². The van der Waals surface area contributed by atoms with Crippen molar-refractivity contribution in [1.82, 2.24) is 0 Å². The molecule has 0 atom stereocenters. The van der Waals surface area contributed by atoms with Gasteiger partial charge in [0, 0.05) is 36.9 Å². The van der Waals surface area contributed by atoms with Gasteiger partial charge in [0.2, 0.25) is 0 Å². The lowest BCUT2D eigenvalue weighted by Crippen LogP contribution is -2.10. The van der Waals surface area contributed by atoms with E-state index in [1.165, 1.54) is 75.1 Å². The third kappa shape index (κ3) is 5.16. The van der Waals surface area contributed by atoms with Gasteiger partial charge in [-0.2, -0.15) is 0 Å². The van der Waals surface area contributed by atoms with Crippen molar-refractivity contribution in [3.8, 4) is 33.4 Å². The van der Waals surface area contributed by atoms with Crippen LogP contribution in [-0.2, 0) is 0 Å². The third-order valence-corrected chi connectivity index (χ3v) is 11.5. The van der Waals surface area contributed by atoms with Gasteiger partial charge < -0.3 is 4.90 Å². The number of hydrogen-bond donors (Lipinski definition) is 0. The Labute approximate surface area is 307 Å². The van der Waals surface area contributed by atoms with Crippen molar-refractivity contribution in [2.75, 3.05) is 4.90 Å². The van der Waals surface area contributed by atoms with Crippen molar-refractivity contribution >= 4 is 70.1 Å². The summed E-state index contributed by atoms with van der Waals surface area (Å²) in [6.07, 6.45) is 0. The molecule has 0 fully saturated rings. The Morgan fingerprint density at radius 3 is 1.54 bits per heavy atom. The molecule has 0 aliphatic heterocycles. The van der Waals surface area contributed by atoms with Gasteiger partial charge in [0.05, 0.1) is 5.69 Å². The maximum atomic E-state index is 2.42. The second kappa shape index (κ2) is 12.7. The van der Waals surface area contributed by atoms with Gasteiger partial charge in [-0.1, -0.05) is 164 Å². The van der Waals surface area contributed by atoms with Gasteiger partial charge in [0.25, 0.3) is 0 Å². The molecule has 1 heterocycles. The molecule has 1 nitrogen and oxygen atoms in total. The largest absolute Gasteiger partial charge is 0.310 e. The number of rotatable bonds is 6. The molecule has 0 N–H and O–H groups in total. The minimum absolute atomic E-state index is 1.11. The highest BCUT2D eigenvalue weighted by Gasteiger charge is 2.19. The summed E-state index contributed by atoms with van der Waals surface area (Å²) >= 11 is 1.88. The van der Waals surface area contributed by atoms with Crippen molar-refractivity contribution in [2.24, 2.45) is 0 Å². The second-order valence-electron chi connectivity index (χ2n) is 13.3. The summed E-state index contributed by atoms with van der Waals surface area (Å²) in [7, 11) is 0. The Bertz CT molecular complexity index is 2890. The molecule has 9 aromatic carbocycles.